The lowest BCUT2D eigenvalue weighted by Crippen LogP contribution is -2.24. The first kappa shape index (κ1) is 11.8. The molecule has 0 radical (unpaired) electrons. The Morgan fingerprint density at radius 3 is 2.67 bits per heavy atom. The smallest absolute Gasteiger partial charge is 0.244 e. The van der Waals surface area contributed by atoms with E-state index in [-0.39, 0.29) is 0 Å². The number of hydrogen-bond acceptors (Lipinski definition) is 3. The van der Waals surface area contributed by atoms with Gasteiger partial charge in [0.15, 0.2) is 5.88 Å². The third kappa shape index (κ3) is 4.65. The van der Waals surface area contributed by atoms with E-state index in [4.69, 9.17) is 8.84 Å². The maximum atomic E-state index is 5.75. The SMILES string of the molecule is C/C=C(/N=C/c1ccco1)O[Si](C)(C)C. The minimum Gasteiger partial charge on any atom is -0.532 e. The average Bonchev–Trinajstić information content (AvgIpc) is 2.62. The third-order valence-electron chi connectivity index (χ3n) is 1.52. The van der Waals surface area contributed by atoms with Crippen LogP contribution in [0.4, 0.5) is 0 Å². The van der Waals surface area contributed by atoms with Crippen LogP contribution in [0.3, 0.4) is 0 Å². The molecule has 1 aromatic rings. The van der Waals surface area contributed by atoms with Crippen LogP contribution in [0, 0.1) is 0 Å². The summed E-state index contributed by atoms with van der Waals surface area (Å²) in [5.41, 5.74) is 0. The molecule has 1 heterocycles. The summed E-state index contributed by atoms with van der Waals surface area (Å²) < 4.78 is 10.9. The van der Waals surface area contributed by atoms with E-state index in [2.05, 4.69) is 24.6 Å². The molecule has 15 heavy (non-hydrogen) atoms. The van der Waals surface area contributed by atoms with Gasteiger partial charge in [0, 0.05) is 0 Å². The first-order chi connectivity index (χ1) is 7.01. The zero-order valence-corrected chi connectivity index (χ0v) is 10.7. The molecule has 0 fully saturated rings. The van der Waals surface area contributed by atoms with Crippen molar-refractivity contribution in [2.45, 2.75) is 26.6 Å². The minimum absolute atomic E-state index is 0.658. The molecule has 4 heteroatoms. The monoisotopic (exact) mass is 223 g/mol. The molecule has 0 spiro atoms. The Labute approximate surface area is 91.6 Å². The lowest BCUT2D eigenvalue weighted by Gasteiger charge is -2.18. The van der Waals surface area contributed by atoms with Crippen molar-refractivity contribution in [3.05, 3.63) is 36.1 Å². The maximum Gasteiger partial charge on any atom is 0.244 e. The van der Waals surface area contributed by atoms with Gasteiger partial charge in [-0.05, 0) is 44.8 Å². The van der Waals surface area contributed by atoms with Crippen LogP contribution < -0.4 is 0 Å². The highest BCUT2D eigenvalue weighted by molar-refractivity contribution is 6.70. The van der Waals surface area contributed by atoms with Gasteiger partial charge in [-0.2, -0.15) is 0 Å². The van der Waals surface area contributed by atoms with Crippen molar-refractivity contribution in [1.82, 2.24) is 0 Å². The molecule has 0 N–H and O–H groups in total. The van der Waals surface area contributed by atoms with Crippen LogP contribution in [-0.4, -0.2) is 14.5 Å². The van der Waals surface area contributed by atoms with Gasteiger partial charge in [-0.15, -0.1) is 0 Å². The van der Waals surface area contributed by atoms with Crippen molar-refractivity contribution in [3.8, 4) is 0 Å². The van der Waals surface area contributed by atoms with Crippen molar-refractivity contribution >= 4 is 14.5 Å². The zero-order chi connectivity index (χ0) is 11.3. The van der Waals surface area contributed by atoms with Crippen LogP contribution in [0.2, 0.25) is 19.6 Å². The normalized spacial score (nSPS) is 13.5. The molecule has 1 rings (SSSR count). The molecular formula is C11H17NO2Si. The summed E-state index contributed by atoms with van der Waals surface area (Å²) in [6.45, 7) is 8.28. The van der Waals surface area contributed by atoms with Crippen molar-refractivity contribution in [3.63, 3.8) is 0 Å². The molecule has 0 amide bonds. The summed E-state index contributed by atoms with van der Waals surface area (Å²) in [5.74, 6) is 1.39. The second-order valence-electron chi connectivity index (χ2n) is 4.11. The summed E-state index contributed by atoms with van der Waals surface area (Å²) >= 11 is 0. The standard InChI is InChI=1S/C11H17NO2Si/c1-5-11(14-15(2,3)4)12-9-10-7-6-8-13-10/h5-9H,1-4H3/b11-5-,12-9+. The summed E-state index contributed by atoms with van der Waals surface area (Å²) in [6.07, 6.45) is 5.14. The van der Waals surface area contributed by atoms with Crippen LogP contribution in [0.15, 0.2) is 39.8 Å². The Morgan fingerprint density at radius 2 is 2.20 bits per heavy atom. The van der Waals surface area contributed by atoms with Crippen LogP contribution in [0.1, 0.15) is 12.7 Å². The summed E-state index contributed by atoms with van der Waals surface area (Å²) in [4.78, 5) is 4.22. The molecule has 0 unspecified atom stereocenters. The van der Waals surface area contributed by atoms with Crippen LogP contribution in [0.25, 0.3) is 0 Å². The predicted octanol–water partition coefficient (Wildman–Crippen LogP) is 3.41. The molecular weight excluding hydrogens is 206 g/mol. The van der Waals surface area contributed by atoms with Gasteiger partial charge in [-0.25, -0.2) is 4.99 Å². The fraction of sp³-hybridized carbons (Fsp3) is 0.364. The van der Waals surface area contributed by atoms with Gasteiger partial charge < -0.3 is 8.84 Å². The molecule has 0 bridgehead atoms. The lowest BCUT2D eigenvalue weighted by molar-refractivity contribution is 0.416. The Hall–Kier alpha value is -1.29. The molecule has 0 saturated heterocycles. The average molecular weight is 223 g/mol. The van der Waals surface area contributed by atoms with E-state index >= 15 is 0 Å². The molecule has 0 atom stereocenters. The molecule has 0 aliphatic rings. The van der Waals surface area contributed by atoms with Gasteiger partial charge in [0.2, 0.25) is 8.32 Å². The molecule has 1 aromatic heterocycles. The second kappa shape index (κ2) is 4.98. The number of hydrogen-bond donors (Lipinski definition) is 0. The molecule has 82 valence electrons. The molecule has 0 aromatic carbocycles. The van der Waals surface area contributed by atoms with Crippen molar-refractivity contribution in [1.29, 1.82) is 0 Å². The summed E-state index contributed by atoms with van der Waals surface area (Å²) in [7, 11) is -1.58. The summed E-state index contributed by atoms with van der Waals surface area (Å²) in [6, 6.07) is 3.68. The zero-order valence-electron chi connectivity index (χ0n) is 9.65. The Balaban J connectivity index is 2.63. The second-order valence-corrected chi connectivity index (χ2v) is 8.54. The first-order valence-corrected chi connectivity index (χ1v) is 8.35. The summed E-state index contributed by atoms with van der Waals surface area (Å²) in [5, 5.41) is 0. The highest BCUT2D eigenvalue weighted by atomic mass is 28.4. The maximum absolute atomic E-state index is 5.75. The largest absolute Gasteiger partial charge is 0.532 e. The van der Waals surface area contributed by atoms with Gasteiger partial charge in [0.25, 0.3) is 0 Å². The van der Waals surface area contributed by atoms with Crippen LogP contribution in [-0.2, 0) is 4.43 Å². The van der Waals surface area contributed by atoms with Crippen LogP contribution in [0.5, 0.6) is 0 Å². The predicted molar refractivity (Wildman–Crippen MR) is 64.5 cm³/mol. The van der Waals surface area contributed by atoms with Gasteiger partial charge in [0.05, 0.1) is 12.5 Å². The third-order valence-corrected chi connectivity index (χ3v) is 2.34. The number of rotatable bonds is 4. The van der Waals surface area contributed by atoms with E-state index in [0.29, 0.717) is 5.88 Å². The Bertz CT molecular complexity index is 347. The van der Waals surface area contributed by atoms with Gasteiger partial charge in [0.1, 0.15) is 5.76 Å². The molecule has 0 aliphatic heterocycles. The first-order valence-electron chi connectivity index (χ1n) is 4.94. The Morgan fingerprint density at radius 1 is 1.47 bits per heavy atom. The van der Waals surface area contributed by atoms with Gasteiger partial charge in [-0.1, -0.05) is 0 Å². The quantitative estimate of drug-likeness (QED) is 0.445. The van der Waals surface area contributed by atoms with Gasteiger partial charge in [-0.3, -0.25) is 0 Å². The molecule has 0 saturated carbocycles. The molecule has 0 aliphatic carbocycles. The van der Waals surface area contributed by atoms with Gasteiger partial charge >= 0.3 is 0 Å². The van der Waals surface area contributed by atoms with Crippen molar-refractivity contribution < 1.29 is 8.84 Å². The van der Waals surface area contributed by atoms with Crippen molar-refractivity contribution in [2.75, 3.05) is 0 Å². The fourth-order valence-electron chi connectivity index (χ4n) is 0.965. The van der Waals surface area contributed by atoms with E-state index in [1.807, 2.05) is 25.1 Å². The highest BCUT2D eigenvalue weighted by Crippen LogP contribution is 2.11. The topological polar surface area (TPSA) is 34.7 Å². The van der Waals surface area contributed by atoms with Crippen LogP contribution >= 0.6 is 0 Å². The van der Waals surface area contributed by atoms with E-state index < -0.39 is 8.32 Å². The highest BCUT2D eigenvalue weighted by Gasteiger charge is 2.16. The number of aliphatic imine (C=N–C) groups is 1. The molecule has 3 nitrogen and oxygen atoms in total. The van der Waals surface area contributed by atoms with E-state index in [0.717, 1.165) is 5.76 Å². The van der Waals surface area contributed by atoms with E-state index in [9.17, 15) is 0 Å². The minimum atomic E-state index is -1.58. The number of nitrogens with zero attached hydrogens (tertiary/aromatic N) is 1. The lowest BCUT2D eigenvalue weighted by atomic mass is 10.5. The van der Waals surface area contributed by atoms with Crippen molar-refractivity contribution in [2.24, 2.45) is 4.99 Å². The van der Waals surface area contributed by atoms with E-state index in [1.54, 1.807) is 12.5 Å². The number of allylic oxidation sites excluding steroid dienone is 1. The Kier molecular flexibility index (Phi) is 3.91. The number of furan rings is 1. The van der Waals surface area contributed by atoms with E-state index in [1.165, 1.54) is 0 Å². The fourth-order valence-corrected chi connectivity index (χ4v) is 1.76.